The van der Waals surface area contributed by atoms with E-state index in [9.17, 15) is 14.4 Å². The van der Waals surface area contributed by atoms with E-state index in [1.807, 2.05) is 0 Å². The zero-order valence-corrected chi connectivity index (χ0v) is 10.1. The molecule has 0 aliphatic heterocycles. The number of nitrogens with one attached hydrogen (secondary N) is 1. The highest BCUT2D eigenvalue weighted by Gasteiger charge is 2.15. The molecule has 0 fully saturated rings. The van der Waals surface area contributed by atoms with Gasteiger partial charge in [-0.3, -0.25) is 9.59 Å². The predicted octanol–water partition coefficient (Wildman–Crippen LogP) is -0.727. The lowest BCUT2D eigenvalue weighted by Gasteiger charge is -2.10. The Bertz CT molecular complexity index is 270. The molecule has 6 nitrogen and oxygen atoms in total. The molecule has 0 aliphatic rings. The van der Waals surface area contributed by atoms with Crippen molar-refractivity contribution in [1.82, 2.24) is 5.32 Å². The van der Waals surface area contributed by atoms with E-state index in [1.165, 1.54) is 18.9 Å². The standard InChI is InChI=1S/C9H16N2O4S/c1-6(9(14)15-2)11-8(13)3-4-16-5-7(10)12/h6H,3-5H2,1-2H3,(H2,10,12)(H,11,13). The van der Waals surface area contributed by atoms with Gasteiger partial charge >= 0.3 is 5.97 Å². The van der Waals surface area contributed by atoms with E-state index < -0.39 is 17.9 Å². The van der Waals surface area contributed by atoms with Gasteiger partial charge in [0.05, 0.1) is 12.9 Å². The van der Waals surface area contributed by atoms with Gasteiger partial charge in [-0.25, -0.2) is 4.79 Å². The van der Waals surface area contributed by atoms with Crippen LogP contribution in [0.25, 0.3) is 0 Å². The monoisotopic (exact) mass is 248 g/mol. The zero-order valence-electron chi connectivity index (χ0n) is 9.32. The Labute approximate surface area is 98.3 Å². The summed E-state index contributed by atoms with van der Waals surface area (Å²) >= 11 is 1.28. The van der Waals surface area contributed by atoms with Crippen LogP contribution in [0, 0.1) is 0 Å². The quantitative estimate of drug-likeness (QED) is 0.457. The minimum Gasteiger partial charge on any atom is -0.467 e. The number of esters is 1. The third kappa shape index (κ3) is 7.10. The molecule has 7 heteroatoms. The van der Waals surface area contributed by atoms with Crippen molar-refractivity contribution >= 4 is 29.5 Å². The van der Waals surface area contributed by atoms with Gasteiger partial charge in [-0.2, -0.15) is 11.8 Å². The number of primary amides is 1. The summed E-state index contributed by atoms with van der Waals surface area (Å²) in [5, 5.41) is 2.48. The van der Waals surface area contributed by atoms with Gasteiger partial charge in [0.1, 0.15) is 6.04 Å². The van der Waals surface area contributed by atoms with Gasteiger partial charge in [0.15, 0.2) is 0 Å². The third-order valence-corrected chi connectivity index (χ3v) is 2.63. The van der Waals surface area contributed by atoms with E-state index in [4.69, 9.17) is 5.73 Å². The van der Waals surface area contributed by atoms with E-state index in [2.05, 4.69) is 10.1 Å². The van der Waals surface area contributed by atoms with Crippen LogP contribution < -0.4 is 11.1 Å². The van der Waals surface area contributed by atoms with Crippen molar-refractivity contribution in [3.05, 3.63) is 0 Å². The van der Waals surface area contributed by atoms with Gasteiger partial charge in [0.2, 0.25) is 11.8 Å². The van der Waals surface area contributed by atoms with Gasteiger partial charge in [-0.05, 0) is 6.92 Å². The first-order valence-corrected chi connectivity index (χ1v) is 5.86. The van der Waals surface area contributed by atoms with Gasteiger partial charge < -0.3 is 15.8 Å². The Hall–Kier alpha value is -1.24. The van der Waals surface area contributed by atoms with Crippen molar-refractivity contribution in [1.29, 1.82) is 0 Å². The van der Waals surface area contributed by atoms with Crippen LogP contribution in [-0.2, 0) is 19.1 Å². The fraction of sp³-hybridized carbons (Fsp3) is 0.667. The summed E-state index contributed by atoms with van der Waals surface area (Å²) in [6.07, 6.45) is 0.235. The first kappa shape index (κ1) is 14.8. The molecule has 0 heterocycles. The van der Waals surface area contributed by atoms with Crippen molar-refractivity contribution in [2.45, 2.75) is 19.4 Å². The molecule has 0 saturated heterocycles. The van der Waals surface area contributed by atoms with E-state index in [-0.39, 0.29) is 18.1 Å². The van der Waals surface area contributed by atoms with E-state index in [1.54, 1.807) is 6.92 Å². The van der Waals surface area contributed by atoms with Crippen LogP contribution in [0.1, 0.15) is 13.3 Å². The van der Waals surface area contributed by atoms with Crippen LogP contribution in [0.5, 0.6) is 0 Å². The van der Waals surface area contributed by atoms with Crippen molar-refractivity contribution < 1.29 is 19.1 Å². The van der Waals surface area contributed by atoms with Crippen LogP contribution in [0.15, 0.2) is 0 Å². The average molecular weight is 248 g/mol. The summed E-state index contributed by atoms with van der Waals surface area (Å²) in [5.41, 5.74) is 4.93. The second-order valence-corrected chi connectivity index (χ2v) is 4.19. The second-order valence-electron chi connectivity index (χ2n) is 3.08. The molecule has 0 aliphatic carbocycles. The number of amides is 2. The normalized spacial score (nSPS) is 11.6. The lowest BCUT2D eigenvalue weighted by Crippen LogP contribution is -2.39. The fourth-order valence-corrected chi connectivity index (χ4v) is 1.56. The molecule has 0 saturated carbocycles. The van der Waals surface area contributed by atoms with Crippen molar-refractivity contribution in [2.75, 3.05) is 18.6 Å². The Morgan fingerprint density at radius 2 is 2.06 bits per heavy atom. The fourth-order valence-electron chi connectivity index (χ4n) is 0.887. The summed E-state index contributed by atoms with van der Waals surface area (Å²) in [5.74, 6) is -0.468. The maximum Gasteiger partial charge on any atom is 0.328 e. The molecule has 0 spiro atoms. The summed E-state index contributed by atoms with van der Waals surface area (Å²) in [6, 6.07) is -0.654. The molecule has 1 atom stereocenters. The predicted molar refractivity (Wildman–Crippen MR) is 60.8 cm³/mol. The number of ether oxygens (including phenoxy) is 1. The molecule has 0 radical (unpaired) electrons. The van der Waals surface area contributed by atoms with Crippen molar-refractivity contribution in [3.8, 4) is 0 Å². The smallest absolute Gasteiger partial charge is 0.328 e. The molecular formula is C9H16N2O4S. The summed E-state index contributed by atoms with van der Waals surface area (Å²) in [7, 11) is 1.26. The number of thioether (sulfide) groups is 1. The number of methoxy groups -OCH3 is 1. The van der Waals surface area contributed by atoms with Crippen molar-refractivity contribution in [3.63, 3.8) is 0 Å². The molecular weight excluding hydrogens is 232 g/mol. The molecule has 0 rings (SSSR count). The van der Waals surface area contributed by atoms with Gasteiger partial charge in [0, 0.05) is 12.2 Å². The second kappa shape index (κ2) is 7.98. The Balaban J connectivity index is 3.66. The van der Waals surface area contributed by atoms with Crippen LogP contribution in [0.2, 0.25) is 0 Å². The first-order chi connectivity index (χ1) is 7.47. The molecule has 0 aromatic rings. The molecule has 2 amide bonds. The first-order valence-electron chi connectivity index (χ1n) is 4.70. The zero-order chi connectivity index (χ0) is 12.6. The number of nitrogens with two attached hydrogens (primary N) is 1. The lowest BCUT2D eigenvalue weighted by molar-refractivity contribution is -0.144. The van der Waals surface area contributed by atoms with E-state index in [0.29, 0.717) is 5.75 Å². The Kier molecular flexibility index (Phi) is 7.36. The Morgan fingerprint density at radius 3 is 2.56 bits per heavy atom. The van der Waals surface area contributed by atoms with Crippen LogP contribution >= 0.6 is 11.8 Å². The van der Waals surface area contributed by atoms with Gasteiger partial charge in [0.25, 0.3) is 0 Å². The number of rotatable bonds is 7. The summed E-state index contributed by atoms with van der Waals surface area (Å²) in [4.78, 5) is 32.6. The van der Waals surface area contributed by atoms with Crippen LogP contribution in [0.4, 0.5) is 0 Å². The molecule has 16 heavy (non-hydrogen) atoms. The minimum absolute atomic E-state index is 0.194. The molecule has 3 N–H and O–H groups in total. The average Bonchev–Trinajstić information content (AvgIpc) is 2.22. The van der Waals surface area contributed by atoms with Crippen LogP contribution in [0.3, 0.4) is 0 Å². The topological polar surface area (TPSA) is 98.5 Å². The summed E-state index contributed by atoms with van der Waals surface area (Å²) < 4.78 is 4.45. The molecule has 0 aromatic carbocycles. The number of hydrogen-bond acceptors (Lipinski definition) is 5. The highest BCUT2D eigenvalue weighted by atomic mass is 32.2. The highest BCUT2D eigenvalue weighted by molar-refractivity contribution is 7.99. The SMILES string of the molecule is COC(=O)C(C)NC(=O)CCSCC(N)=O. The molecule has 1 unspecified atom stereocenters. The van der Waals surface area contributed by atoms with E-state index in [0.717, 1.165) is 0 Å². The maximum absolute atomic E-state index is 11.3. The summed E-state index contributed by atoms with van der Waals surface area (Å²) in [6.45, 7) is 1.54. The maximum atomic E-state index is 11.3. The largest absolute Gasteiger partial charge is 0.467 e. The van der Waals surface area contributed by atoms with Crippen LogP contribution in [-0.4, -0.2) is 42.4 Å². The molecule has 0 bridgehead atoms. The third-order valence-electron chi connectivity index (χ3n) is 1.65. The lowest BCUT2D eigenvalue weighted by atomic mass is 10.3. The highest BCUT2D eigenvalue weighted by Crippen LogP contribution is 2.01. The Morgan fingerprint density at radius 1 is 1.44 bits per heavy atom. The van der Waals surface area contributed by atoms with E-state index >= 15 is 0 Å². The molecule has 92 valence electrons. The number of hydrogen-bond donors (Lipinski definition) is 2. The van der Waals surface area contributed by atoms with Gasteiger partial charge in [-0.15, -0.1) is 0 Å². The number of carbonyl (C=O) groups excluding carboxylic acids is 3. The van der Waals surface area contributed by atoms with Gasteiger partial charge in [-0.1, -0.05) is 0 Å². The minimum atomic E-state index is -0.654. The molecule has 0 aromatic heterocycles. The van der Waals surface area contributed by atoms with Crippen molar-refractivity contribution in [2.24, 2.45) is 5.73 Å². The number of carbonyl (C=O) groups is 3.